The summed E-state index contributed by atoms with van der Waals surface area (Å²) in [5, 5.41) is 10.9. The molecule has 0 spiro atoms. The molecule has 24 heavy (non-hydrogen) atoms. The zero-order chi connectivity index (χ0) is 17.3. The largest absolute Gasteiger partial charge is 0.281 e. The normalized spacial score (nSPS) is 11.6. The highest BCUT2D eigenvalue weighted by atomic mass is 32.2. The Labute approximate surface area is 140 Å². The molecule has 0 radical (unpaired) electrons. The van der Waals surface area contributed by atoms with Crippen LogP contribution in [0.1, 0.15) is 22.5 Å². The number of aryl methyl sites for hydroxylation is 3. The van der Waals surface area contributed by atoms with Gasteiger partial charge in [-0.25, -0.2) is 8.42 Å². The van der Waals surface area contributed by atoms with Crippen LogP contribution in [0.25, 0.3) is 0 Å². The van der Waals surface area contributed by atoms with Crippen molar-refractivity contribution in [3.8, 4) is 0 Å². The number of hydrogen-bond acceptors (Lipinski definition) is 4. The zero-order valence-corrected chi connectivity index (χ0v) is 14.6. The average Bonchev–Trinajstić information content (AvgIpc) is 3.05. The van der Waals surface area contributed by atoms with Gasteiger partial charge < -0.3 is 0 Å². The molecule has 126 valence electrons. The molecule has 8 heteroatoms. The molecule has 0 amide bonds. The number of benzene rings is 1. The average molecular weight is 345 g/mol. The number of hydrogen-bond donors (Lipinski definition) is 2. The molecule has 2 aromatic heterocycles. The minimum Gasteiger partial charge on any atom is -0.281 e. The van der Waals surface area contributed by atoms with Gasteiger partial charge in [0.15, 0.2) is 5.82 Å². The summed E-state index contributed by atoms with van der Waals surface area (Å²) in [6.07, 6.45) is 1.75. The second-order valence-electron chi connectivity index (χ2n) is 5.76. The van der Waals surface area contributed by atoms with Crippen LogP contribution >= 0.6 is 0 Å². The van der Waals surface area contributed by atoms with Crippen molar-refractivity contribution < 1.29 is 8.42 Å². The van der Waals surface area contributed by atoms with E-state index in [1.165, 1.54) is 5.56 Å². The molecule has 0 bridgehead atoms. The molecule has 3 rings (SSSR count). The van der Waals surface area contributed by atoms with Crippen LogP contribution in [-0.4, -0.2) is 28.4 Å². The first-order valence-electron chi connectivity index (χ1n) is 7.48. The number of nitrogens with one attached hydrogen (secondary N) is 2. The number of nitrogens with zero attached hydrogens (tertiary/aromatic N) is 3. The van der Waals surface area contributed by atoms with E-state index in [4.69, 9.17) is 0 Å². The molecule has 0 fully saturated rings. The van der Waals surface area contributed by atoms with Crippen molar-refractivity contribution in [1.29, 1.82) is 0 Å². The lowest BCUT2D eigenvalue weighted by Crippen LogP contribution is -2.15. The van der Waals surface area contributed by atoms with Crippen molar-refractivity contribution in [3.63, 3.8) is 0 Å². The Bertz CT molecular complexity index is 953. The van der Waals surface area contributed by atoms with Gasteiger partial charge in [-0.2, -0.15) is 10.2 Å². The van der Waals surface area contributed by atoms with E-state index in [0.29, 0.717) is 17.9 Å². The quantitative estimate of drug-likeness (QED) is 0.742. The molecule has 0 saturated carbocycles. The van der Waals surface area contributed by atoms with Gasteiger partial charge in [-0.1, -0.05) is 29.8 Å². The molecular weight excluding hydrogens is 326 g/mol. The van der Waals surface area contributed by atoms with E-state index >= 15 is 0 Å². The molecule has 2 heterocycles. The van der Waals surface area contributed by atoms with Crippen LogP contribution in [0, 0.1) is 20.8 Å². The first-order valence-corrected chi connectivity index (χ1v) is 8.97. The monoisotopic (exact) mass is 345 g/mol. The van der Waals surface area contributed by atoms with E-state index in [-0.39, 0.29) is 10.7 Å². The summed E-state index contributed by atoms with van der Waals surface area (Å²) < 4.78 is 29.2. The Morgan fingerprint density at radius 1 is 1.21 bits per heavy atom. The van der Waals surface area contributed by atoms with Gasteiger partial charge in [-0.15, -0.1) is 0 Å². The molecule has 2 N–H and O–H groups in total. The van der Waals surface area contributed by atoms with E-state index < -0.39 is 10.0 Å². The van der Waals surface area contributed by atoms with Crippen LogP contribution in [0.5, 0.6) is 0 Å². The van der Waals surface area contributed by atoms with Crippen molar-refractivity contribution in [1.82, 2.24) is 20.0 Å². The number of rotatable bonds is 5. The number of H-pyrrole nitrogens is 1. The fourth-order valence-electron chi connectivity index (χ4n) is 2.63. The summed E-state index contributed by atoms with van der Waals surface area (Å²) in [5.41, 5.74) is 3.21. The molecule has 0 aliphatic carbocycles. The molecule has 0 saturated heterocycles. The SMILES string of the molecule is Cc1cccc(Cn2ccc(NS(=O)(=O)c3c(C)n[nH]c3C)n2)c1. The van der Waals surface area contributed by atoms with Crippen LogP contribution in [0.2, 0.25) is 0 Å². The Balaban J connectivity index is 1.79. The lowest BCUT2D eigenvalue weighted by molar-refractivity contribution is 0.599. The predicted octanol–water partition coefficient (Wildman–Crippen LogP) is 2.38. The standard InChI is InChI=1S/C16H19N5O2S/c1-11-5-4-6-14(9-11)10-21-8-7-15(19-21)20-24(22,23)16-12(2)17-18-13(16)3/h4-9H,10H2,1-3H3,(H,17,18)(H,19,20). The molecule has 0 unspecified atom stereocenters. The second-order valence-corrected chi connectivity index (χ2v) is 7.38. The maximum atomic E-state index is 12.5. The van der Waals surface area contributed by atoms with Crippen LogP contribution in [0.4, 0.5) is 5.82 Å². The van der Waals surface area contributed by atoms with Crippen molar-refractivity contribution in [2.75, 3.05) is 4.72 Å². The van der Waals surface area contributed by atoms with Crippen LogP contribution in [0.3, 0.4) is 0 Å². The summed E-state index contributed by atoms with van der Waals surface area (Å²) in [6, 6.07) is 9.74. The second kappa shape index (κ2) is 6.12. The number of aromatic amines is 1. The van der Waals surface area contributed by atoms with Crippen molar-refractivity contribution >= 4 is 15.8 Å². The third-order valence-electron chi connectivity index (χ3n) is 3.64. The summed E-state index contributed by atoms with van der Waals surface area (Å²) in [5.74, 6) is 0.280. The zero-order valence-electron chi connectivity index (χ0n) is 13.7. The number of sulfonamides is 1. The first kappa shape index (κ1) is 16.3. The lowest BCUT2D eigenvalue weighted by atomic mass is 10.1. The van der Waals surface area contributed by atoms with Gasteiger partial charge in [0.2, 0.25) is 0 Å². The van der Waals surface area contributed by atoms with E-state index in [1.807, 2.05) is 25.1 Å². The number of aromatic nitrogens is 4. The summed E-state index contributed by atoms with van der Waals surface area (Å²) in [4.78, 5) is 0.163. The highest BCUT2D eigenvalue weighted by Gasteiger charge is 2.23. The minimum atomic E-state index is -3.72. The fourth-order valence-corrected chi connectivity index (χ4v) is 4.00. The third-order valence-corrected chi connectivity index (χ3v) is 5.25. The van der Waals surface area contributed by atoms with Gasteiger partial charge in [0.1, 0.15) is 4.90 Å². The molecule has 0 aliphatic rings. The Morgan fingerprint density at radius 3 is 2.67 bits per heavy atom. The van der Waals surface area contributed by atoms with Crippen molar-refractivity contribution in [2.24, 2.45) is 0 Å². The third kappa shape index (κ3) is 3.33. The maximum absolute atomic E-state index is 12.5. The Hall–Kier alpha value is -2.61. The van der Waals surface area contributed by atoms with Crippen molar-refractivity contribution in [3.05, 3.63) is 59.0 Å². The van der Waals surface area contributed by atoms with Gasteiger partial charge in [0, 0.05) is 12.3 Å². The molecule has 7 nitrogen and oxygen atoms in total. The Kier molecular flexibility index (Phi) is 4.15. The highest BCUT2D eigenvalue weighted by molar-refractivity contribution is 7.92. The van der Waals surface area contributed by atoms with Gasteiger partial charge in [-0.05, 0) is 26.3 Å². The fraction of sp³-hybridized carbons (Fsp3) is 0.250. The number of anilines is 1. The summed E-state index contributed by atoms with van der Waals surface area (Å²) in [7, 11) is -3.72. The van der Waals surface area contributed by atoms with Gasteiger partial charge in [0.05, 0.1) is 17.9 Å². The van der Waals surface area contributed by atoms with Gasteiger partial charge in [-0.3, -0.25) is 14.5 Å². The summed E-state index contributed by atoms with van der Waals surface area (Å²) in [6.45, 7) is 5.92. The molecule has 3 aromatic rings. The lowest BCUT2D eigenvalue weighted by Gasteiger charge is -2.06. The first-order chi connectivity index (χ1) is 11.3. The van der Waals surface area contributed by atoms with Crippen LogP contribution in [-0.2, 0) is 16.6 Å². The Morgan fingerprint density at radius 2 is 2.00 bits per heavy atom. The van der Waals surface area contributed by atoms with Crippen LogP contribution in [0.15, 0.2) is 41.4 Å². The molecular formula is C16H19N5O2S. The van der Waals surface area contributed by atoms with Gasteiger partial charge in [0.25, 0.3) is 10.0 Å². The molecule has 0 aliphatic heterocycles. The van der Waals surface area contributed by atoms with E-state index in [1.54, 1.807) is 30.8 Å². The van der Waals surface area contributed by atoms with Crippen LogP contribution < -0.4 is 4.72 Å². The smallest absolute Gasteiger partial charge is 0.266 e. The van der Waals surface area contributed by atoms with E-state index in [9.17, 15) is 8.42 Å². The van der Waals surface area contributed by atoms with E-state index in [0.717, 1.165) is 5.56 Å². The molecule has 1 aromatic carbocycles. The highest BCUT2D eigenvalue weighted by Crippen LogP contribution is 2.20. The molecule has 0 atom stereocenters. The minimum absolute atomic E-state index is 0.163. The van der Waals surface area contributed by atoms with E-state index in [2.05, 4.69) is 26.1 Å². The maximum Gasteiger partial charge on any atom is 0.266 e. The predicted molar refractivity (Wildman–Crippen MR) is 91.4 cm³/mol. The topological polar surface area (TPSA) is 92.7 Å². The van der Waals surface area contributed by atoms with Crippen molar-refractivity contribution in [2.45, 2.75) is 32.2 Å². The summed E-state index contributed by atoms with van der Waals surface area (Å²) >= 11 is 0. The van der Waals surface area contributed by atoms with Gasteiger partial charge >= 0.3 is 0 Å².